The van der Waals surface area contributed by atoms with Crippen molar-refractivity contribution in [2.75, 3.05) is 0 Å². The minimum atomic E-state index is 0.226. The Morgan fingerprint density at radius 3 is 1.95 bits per heavy atom. The molecule has 0 radical (unpaired) electrons. The third-order valence-electron chi connectivity index (χ3n) is 4.24. The fourth-order valence-corrected chi connectivity index (χ4v) is 4.20. The van der Waals surface area contributed by atoms with E-state index in [1.165, 1.54) is 38.6 Å². The van der Waals surface area contributed by atoms with E-state index in [1.54, 1.807) is 0 Å². The Bertz CT molecular complexity index is 782. The summed E-state index contributed by atoms with van der Waals surface area (Å²) in [6, 6.07) is 19.6. The normalized spacial score (nSPS) is 12.6. The molecule has 0 N–H and O–H groups in total. The first-order chi connectivity index (χ1) is 10.1. The molecule has 0 aliphatic carbocycles. The summed E-state index contributed by atoms with van der Waals surface area (Å²) in [5, 5.41) is 2.67. The van der Waals surface area contributed by atoms with Crippen molar-refractivity contribution in [2.45, 2.75) is 25.6 Å². The van der Waals surface area contributed by atoms with Crippen LogP contribution in [0.25, 0.3) is 10.8 Å². The second-order valence-corrected chi connectivity index (χ2v) is 6.60. The molecule has 106 valence electrons. The van der Waals surface area contributed by atoms with Gasteiger partial charge in [0.2, 0.25) is 0 Å². The van der Waals surface area contributed by atoms with E-state index >= 15 is 0 Å². The van der Waals surface area contributed by atoms with Crippen molar-refractivity contribution < 1.29 is 0 Å². The lowest BCUT2D eigenvalue weighted by Gasteiger charge is -2.19. The summed E-state index contributed by atoms with van der Waals surface area (Å²) >= 11 is 3.94. The van der Waals surface area contributed by atoms with Crippen LogP contribution in [0.4, 0.5) is 0 Å². The van der Waals surface area contributed by atoms with Crippen LogP contribution in [0.1, 0.15) is 32.6 Å². The molecule has 3 rings (SSSR count). The molecule has 0 aliphatic rings. The molecule has 3 aromatic rings. The van der Waals surface area contributed by atoms with Crippen molar-refractivity contribution >= 4 is 26.7 Å². The van der Waals surface area contributed by atoms with Gasteiger partial charge in [-0.3, -0.25) is 0 Å². The molecule has 3 aromatic carbocycles. The standard InChI is InChI=1S/C20H19Br/c1-13-11-12-18(17-10-5-4-9-16(13)17)20(21)19-14(2)7-6-8-15(19)3/h4-12,20H,1-3H3. The second-order valence-electron chi connectivity index (χ2n) is 5.69. The number of aryl methyl sites for hydroxylation is 3. The molecule has 0 aromatic heterocycles. The first-order valence-corrected chi connectivity index (χ1v) is 8.19. The Kier molecular flexibility index (Phi) is 3.86. The van der Waals surface area contributed by atoms with E-state index < -0.39 is 0 Å². The highest BCUT2D eigenvalue weighted by molar-refractivity contribution is 9.09. The zero-order valence-electron chi connectivity index (χ0n) is 12.7. The Morgan fingerprint density at radius 2 is 1.29 bits per heavy atom. The molecule has 0 aliphatic heterocycles. The van der Waals surface area contributed by atoms with Gasteiger partial charge in [-0.2, -0.15) is 0 Å². The van der Waals surface area contributed by atoms with E-state index in [0.717, 1.165) is 0 Å². The fraction of sp³-hybridized carbons (Fsp3) is 0.200. The summed E-state index contributed by atoms with van der Waals surface area (Å²) in [7, 11) is 0. The molecule has 1 unspecified atom stereocenters. The van der Waals surface area contributed by atoms with Gasteiger partial charge in [0.15, 0.2) is 0 Å². The number of fused-ring (bicyclic) bond motifs is 1. The van der Waals surface area contributed by atoms with Crippen LogP contribution in [-0.2, 0) is 0 Å². The summed E-state index contributed by atoms with van der Waals surface area (Å²) in [6.07, 6.45) is 0. The second kappa shape index (κ2) is 5.65. The molecule has 0 bridgehead atoms. The maximum Gasteiger partial charge on any atom is 0.0655 e. The minimum absolute atomic E-state index is 0.226. The van der Waals surface area contributed by atoms with Crippen molar-refractivity contribution in [2.24, 2.45) is 0 Å². The largest absolute Gasteiger partial charge is 0.0786 e. The summed E-state index contributed by atoms with van der Waals surface area (Å²) in [5.41, 5.74) is 6.72. The molecule has 0 amide bonds. The Morgan fingerprint density at radius 1 is 0.667 bits per heavy atom. The van der Waals surface area contributed by atoms with Gasteiger partial charge in [-0.25, -0.2) is 0 Å². The smallest absolute Gasteiger partial charge is 0.0655 e. The molecule has 1 atom stereocenters. The third kappa shape index (κ3) is 2.51. The maximum atomic E-state index is 3.94. The summed E-state index contributed by atoms with van der Waals surface area (Å²) in [6.45, 7) is 6.55. The van der Waals surface area contributed by atoms with Crippen LogP contribution in [0.2, 0.25) is 0 Å². The maximum absolute atomic E-state index is 3.94. The SMILES string of the molecule is Cc1cccc(C)c1C(Br)c1ccc(C)c2ccccc12. The van der Waals surface area contributed by atoms with Gasteiger partial charge in [0.05, 0.1) is 4.83 Å². The molecule has 21 heavy (non-hydrogen) atoms. The molecule has 0 nitrogen and oxygen atoms in total. The lowest BCUT2D eigenvalue weighted by atomic mass is 9.92. The predicted octanol–water partition coefficient (Wildman–Crippen LogP) is 6.25. The number of halogens is 1. The van der Waals surface area contributed by atoms with Crippen LogP contribution < -0.4 is 0 Å². The highest BCUT2D eigenvalue weighted by Gasteiger charge is 2.17. The number of benzene rings is 3. The van der Waals surface area contributed by atoms with Crippen LogP contribution in [0, 0.1) is 20.8 Å². The van der Waals surface area contributed by atoms with Gasteiger partial charge in [-0.05, 0) is 59.4 Å². The lowest BCUT2D eigenvalue weighted by Crippen LogP contribution is -2.00. The van der Waals surface area contributed by atoms with Gasteiger partial charge < -0.3 is 0 Å². The molecule has 0 heterocycles. The topological polar surface area (TPSA) is 0 Å². The average molecular weight is 339 g/mol. The first-order valence-electron chi connectivity index (χ1n) is 7.28. The zero-order chi connectivity index (χ0) is 15.0. The van der Waals surface area contributed by atoms with Gasteiger partial charge in [-0.1, -0.05) is 70.5 Å². The summed E-state index contributed by atoms with van der Waals surface area (Å²) in [4.78, 5) is 0.226. The molecule has 0 fully saturated rings. The predicted molar refractivity (Wildman–Crippen MR) is 95.4 cm³/mol. The van der Waals surface area contributed by atoms with Crippen molar-refractivity contribution in [3.05, 3.63) is 82.4 Å². The highest BCUT2D eigenvalue weighted by atomic mass is 79.9. The van der Waals surface area contributed by atoms with Crippen molar-refractivity contribution in [3.8, 4) is 0 Å². The van der Waals surface area contributed by atoms with Crippen LogP contribution in [0.3, 0.4) is 0 Å². The van der Waals surface area contributed by atoms with Gasteiger partial charge in [0, 0.05) is 0 Å². The van der Waals surface area contributed by atoms with Gasteiger partial charge in [-0.15, -0.1) is 0 Å². The van der Waals surface area contributed by atoms with Crippen LogP contribution in [-0.4, -0.2) is 0 Å². The average Bonchev–Trinajstić information content (AvgIpc) is 2.47. The number of alkyl halides is 1. The summed E-state index contributed by atoms with van der Waals surface area (Å²) < 4.78 is 0. The minimum Gasteiger partial charge on any atom is -0.0786 e. The third-order valence-corrected chi connectivity index (χ3v) is 5.20. The monoisotopic (exact) mass is 338 g/mol. The Labute approximate surface area is 134 Å². The zero-order valence-corrected chi connectivity index (χ0v) is 14.2. The quantitative estimate of drug-likeness (QED) is 0.484. The van der Waals surface area contributed by atoms with Crippen molar-refractivity contribution in [3.63, 3.8) is 0 Å². The van der Waals surface area contributed by atoms with E-state index in [1.807, 2.05) is 0 Å². The molecule has 1 heteroatoms. The molecule has 0 saturated heterocycles. The van der Waals surface area contributed by atoms with E-state index in [2.05, 4.69) is 91.3 Å². The van der Waals surface area contributed by atoms with Gasteiger partial charge >= 0.3 is 0 Å². The molecule has 0 saturated carbocycles. The molecular weight excluding hydrogens is 320 g/mol. The lowest BCUT2D eigenvalue weighted by molar-refractivity contribution is 1.12. The Balaban J connectivity index is 2.23. The van der Waals surface area contributed by atoms with Gasteiger partial charge in [0.25, 0.3) is 0 Å². The number of hydrogen-bond acceptors (Lipinski definition) is 0. The molecular formula is C20H19Br. The van der Waals surface area contributed by atoms with E-state index in [4.69, 9.17) is 0 Å². The Hall–Kier alpha value is -1.60. The molecule has 0 spiro atoms. The van der Waals surface area contributed by atoms with Crippen molar-refractivity contribution in [1.82, 2.24) is 0 Å². The van der Waals surface area contributed by atoms with Crippen molar-refractivity contribution in [1.29, 1.82) is 0 Å². The number of rotatable bonds is 2. The highest BCUT2D eigenvalue weighted by Crippen LogP contribution is 2.38. The van der Waals surface area contributed by atoms with Crippen LogP contribution in [0.5, 0.6) is 0 Å². The van der Waals surface area contributed by atoms with E-state index in [-0.39, 0.29) is 4.83 Å². The van der Waals surface area contributed by atoms with Crippen LogP contribution >= 0.6 is 15.9 Å². The van der Waals surface area contributed by atoms with Gasteiger partial charge in [0.1, 0.15) is 0 Å². The van der Waals surface area contributed by atoms with Crippen LogP contribution in [0.15, 0.2) is 54.6 Å². The van der Waals surface area contributed by atoms with E-state index in [0.29, 0.717) is 0 Å². The van der Waals surface area contributed by atoms with E-state index in [9.17, 15) is 0 Å². The first kappa shape index (κ1) is 14.3. The fourth-order valence-electron chi connectivity index (χ4n) is 3.08. The summed E-state index contributed by atoms with van der Waals surface area (Å²) in [5.74, 6) is 0. The number of hydrogen-bond donors (Lipinski definition) is 0.